The zero-order chi connectivity index (χ0) is 18.4. The van der Waals surface area contributed by atoms with Gasteiger partial charge in [-0.2, -0.15) is 0 Å². The number of nitrogen functional groups attached to an aromatic ring is 1. The third-order valence-electron chi connectivity index (χ3n) is 4.43. The lowest BCUT2D eigenvalue weighted by Crippen LogP contribution is -2.25. The number of rotatable bonds is 8. The normalized spacial score (nSPS) is 15.2. The summed E-state index contributed by atoms with van der Waals surface area (Å²) in [6.45, 7) is 4.07. The van der Waals surface area contributed by atoms with Crippen LogP contribution >= 0.6 is 0 Å². The summed E-state index contributed by atoms with van der Waals surface area (Å²) in [6.07, 6.45) is 2.53. The van der Waals surface area contributed by atoms with Crippen LogP contribution in [0.5, 0.6) is 5.75 Å². The Morgan fingerprint density at radius 3 is 2.54 bits per heavy atom. The molecule has 1 fully saturated rings. The summed E-state index contributed by atoms with van der Waals surface area (Å²) < 4.78 is 33.1. The van der Waals surface area contributed by atoms with E-state index in [1.807, 2.05) is 24.3 Å². The van der Waals surface area contributed by atoms with Gasteiger partial charge in [0.1, 0.15) is 12.4 Å². The molecular weight excluding hydrogens is 350 g/mol. The molecule has 7 heteroatoms. The van der Waals surface area contributed by atoms with Crippen LogP contribution in [-0.2, 0) is 16.6 Å². The fraction of sp³-hybridized carbons (Fsp3) is 0.368. The van der Waals surface area contributed by atoms with Crippen LogP contribution in [0, 0.1) is 0 Å². The third-order valence-corrected chi connectivity index (χ3v) is 5.85. The molecule has 140 valence electrons. The van der Waals surface area contributed by atoms with Gasteiger partial charge in [0, 0.05) is 18.8 Å². The van der Waals surface area contributed by atoms with Crippen molar-refractivity contribution in [1.82, 2.24) is 9.62 Å². The number of anilines is 1. The van der Waals surface area contributed by atoms with E-state index in [0.29, 0.717) is 12.3 Å². The fourth-order valence-electron chi connectivity index (χ4n) is 2.95. The summed E-state index contributed by atoms with van der Waals surface area (Å²) in [5.74, 6) is 0.758. The Morgan fingerprint density at radius 1 is 1.08 bits per heavy atom. The minimum absolute atomic E-state index is 0.199. The predicted octanol–water partition coefficient (Wildman–Crippen LogP) is 2.22. The highest BCUT2D eigenvalue weighted by Crippen LogP contribution is 2.16. The largest absolute Gasteiger partial charge is 0.492 e. The Hall–Kier alpha value is -2.09. The second-order valence-electron chi connectivity index (χ2n) is 6.44. The van der Waals surface area contributed by atoms with Crippen LogP contribution in [0.3, 0.4) is 0 Å². The SMILES string of the molecule is Nc1ccc(S(=O)(=O)NCc2cccc(OCCN3CCCC3)c2)cc1. The van der Waals surface area contributed by atoms with E-state index >= 15 is 0 Å². The Balaban J connectivity index is 1.53. The molecule has 0 saturated carbocycles. The first-order chi connectivity index (χ1) is 12.5. The molecule has 1 aliphatic heterocycles. The van der Waals surface area contributed by atoms with Crippen LogP contribution in [0.4, 0.5) is 5.69 Å². The van der Waals surface area contributed by atoms with E-state index in [4.69, 9.17) is 10.5 Å². The number of likely N-dealkylation sites (tertiary alicyclic amines) is 1. The van der Waals surface area contributed by atoms with Crippen molar-refractivity contribution in [1.29, 1.82) is 0 Å². The number of benzene rings is 2. The third kappa shape index (κ3) is 5.20. The highest BCUT2D eigenvalue weighted by Gasteiger charge is 2.14. The van der Waals surface area contributed by atoms with E-state index in [1.165, 1.54) is 25.0 Å². The smallest absolute Gasteiger partial charge is 0.240 e. The number of nitrogens with two attached hydrogens (primary N) is 1. The molecule has 0 spiro atoms. The van der Waals surface area contributed by atoms with Crippen molar-refractivity contribution in [3.8, 4) is 5.75 Å². The molecule has 6 nitrogen and oxygen atoms in total. The molecule has 2 aromatic carbocycles. The molecule has 1 heterocycles. The van der Waals surface area contributed by atoms with Gasteiger partial charge >= 0.3 is 0 Å². The van der Waals surface area contributed by atoms with Crippen molar-refractivity contribution >= 4 is 15.7 Å². The maximum Gasteiger partial charge on any atom is 0.240 e. The average Bonchev–Trinajstić information content (AvgIpc) is 3.14. The van der Waals surface area contributed by atoms with Gasteiger partial charge in [0.15, 0.2) is 0 Å². The Bertz CT molecular complexity index is 816. The molecule has 0 atom stereocenters. The highest BCUT2D eigenvalue weighted by molar-refractivity contribution is 7.89. The van der Waals surface area contributed by atoms with Gasteiger partial charge in [-0.15, -0.1) is 0 Å². The maximum atomic E-state index is 12.3. The van der Waals surface area contributed by atoms with E-state index in [9.17, 15) is 8.42 Å². The summed E-state index contributed by atoms with van der Waals surface area (Å²) >= 11 is 0. The standard InChI is InChI=1S/C19H25N3O3S/c20-17-6-8-19(9-7-17)26(23,24)21-15-16-4-3-5-18(14-16)25-13-12-22-10-1-2-11-22/h3-9,14,21H,1-2,10-13,15,20H2. The van der Waals surface area contributed by atoms with Crippen molar-refractivity contribution < 1.29 is 13.2 Å². The molecule has 0 bridgehead atoms. The zero-order valence-electron chi connectivity index (χ0n) is 14.7. The van der Waals surface area contributed by atoms with Gasteiger partial charge in [-0.05, 0) is 67.9 Å². The maximum absolute atomic E-state index is 12.3. The molecule has 3 N–H and O–H groups in total. The van der Waals surface area contributed by atoms with E-state index < -0.39 is 10.0 Å². The number of nitrogens with one attached hydrogen (secondary N) is 1. The quantitative estimate of drug-likeness (QED) is 0.691. The van der Waals surface area contributed by atoms with Crippen molar-refractivity contribution in [2.24, 2.45) is 0 Å². The molecule has 26 heavy (non-hydrogen) atoms. The average molecular weight is 375 g/mol. The molecule has 0 aliphatic carbocycles. The van der Waals surface area contributed by atoms with Crippen LogP contribution in [0.15, 0.2) is 53.4 Å². The van der Waals surface area contributed by atoms with Crippen LogP contribution in [0.25, 0.3) is 0 Å². The minimum atomic E-state index is -3.57. The molecule has 0 unspecified atom stereocenters. The lowest BCUT2D eigenvalue weighted by Gasteiger charge is -2.15. The summed E-state index contributed by atoms with van der Waals surface area (Å²) in [6, 6.07) is 13.6. The number of hydrogen-bond donors (Lipinski definition) is 2. The second kappa shape index (κ2) is 8.53. The van der Waals surface area contributed by atoms with Crippen LogP contribution in [0.1, 0.15) is 18.4 Å². The van der Waals surface area contributed by atoms with Crippen LogP contribution < -0.4 is 15.2 Å². The monoisotopic (exact) mass is 375 g/mol. The van der Waals surface area contributed by atoms with E-state index in [-0.39, 0.29) is 11.4 Å². The van der Waals surface area contributed by atoms with Crippen molar-refractivity contribution in [2.45, 2.75) is 24.3 Å². The summed E-state index contributed by atoms with van der Waals surface area (Å²) in [5.41, 5.74) is 6.98. The fourth-order valence-corrected chi connectivity index (χ4v) is 3.97. The molecule has 0 radical (unpaired) electrons. The summed E-state index contributed by atoms with van der Waals surface area (Å²) in [5, 5.41) is 0. The molecule has 0 amide bonds. The van der Waals surface area contributed by atoms with Crippen molar-refractivity contribution in [3.05, 3.63) is 54.1 Å². The predicted molar refractivity (Wildman–Crippen MR) is 102 cm³/mol. The number of hydrogen-bond acceptors (Lipinski definition) is 5. The molecule has 2 aromatic rings. The lowest BCUT2D eigenvalue weighted by atomic mass is 10.2. The second-order valence-corrected chi connectivity index (χ2v) is 8.21. The number of nitrogens with zero attached hydrogens (tertiary/aromatic N) is 1. The molecule has 3 rings (SSSR count). The Morgan fingerprint density at radius 2 is 1.81 bits per heavy atom. The summed E-state index contributed by atoms with van der Waals surface area (Å²) in [4.78, 5) is 2.59. The number of ether oxygens (including phenoxy) is 1. The highest BCUT2D eigenvalue weighted by atomic mass is 32.2. The molecule has 1 aliphatic rings. The topological polar surface area (TPSA) is 84.7 Å². The molecule has 1 saturated heterocycles. The van der Waals surface area contributed by atoms with Crippen LogP contribution in [0.2, 0.25) is 0 Å². The first-order valence-corrected chi connectivity index (χ1v) is 10.3. The van der Waals surface area contributed by atoms with Crippen LogP contribution in [-0.4, -0.2) is 39.6 Å². The van der Waals surface area contributed by atoms with E-state index in [1.54, 1.807) is 12.1 Å². The van der Waals surface area contributed by atoms with Gasteiger partial charge in [-0.3, -0.25) is 4.90 Å². The van der Waals surface area contributed by atoms with Gasteiger partial charge < -0.3 is 10.5 Å². The van der Waals surface area contributed by atoms with E-state index in [2.05, 4.69) is 9.62 Å². The van der Waals surface area contributed by atoms with Crippen molar-refractivity contribution in [2.75, 3.05) is 32.0 Å². The van der Waals surface area contributed by atoms with Crippen molar-refractivity contribution in [3.63, 3.8) is 0 Å². The van der Waals surface area contributed by atoms with Gasteiger partial charge in [-0.25, -0.2) is 13.1 Å². The Kier molecular flexibility index (Phi) is 6.13. The number of sulfonamides is 1. The van der Waals surface area contributed by atoms with Gasteiger partial charge in [0.05, 0.1) is 4.90 Å². The first-order valence-electron chi connectivity index (χ1n) is 8.82. The summed E-state index contributed by atoms with van der Waals surface area (Å²) in [7, 11) is -3.57. The zero-order valence-corrected chi connectivity index (χ0v) is 15.5. The van der Waals surface area contributed by atoms with Gasteiger partial charge in [0.2, 0.25) is 10.0 Å². The Labute approximate surface area is 155 Å². The lowest BCUT2D eigenvalue weighted by molar-refractivity contribution is 0.237. The molecular formula is C19H25N3O3S. The first kappa shape index (κ1) is 18.7. The van der Waals surface area contributed by atoms with Gasteiger partial charge in [0.25, 0.3) is 0 Å². The molecule has 0 aromatic heterocycles. The minimum Gasteiger partial charge on any atom is -0.492 e. The van der Waals surface area contributed by atoms with Gasteiger partial charge in [-0.1, -0.05) is 12.1 Å². The van der Waals surface area contributed by atoms with E-state index in [0.717, 1.165) is 30.9 Å².